The molecule has 0 unspecified atom stereocenters. The highest BCUT2D eigenvalue weighted by Crippen LogP contribution is 2.29. The Bertz CT molecular complexity index is 538. The quantitative estimate of drug-likeness (QED) is 0.718. The molecule has 0 aliphatic rings. The van der Waals surface area contributed by atoms with Crippen molar-refractivity contribution in [2.45, 2.75) is 46.5 Å². The molecule has 0 spiro atoms. The first kappa shape index (κ1) is 12.1. The van der Waals surface area contributed by atoms with Crippen molar-refractivity contribution in [1.29, 1.82) is 0 Å². The average Bonchev–Trinajstić information content (AvgIpc) is 2.28. The van der Waals surface area contributed by atoms with Gasteiger partial charge in [0.05, 0.1) is 5.52 Å². The maximum atomic E-state index is 4.82. The molecule has 2 rings (SSSR count). The highest BCUT2D eigenvalue weighted by Gasteiger charge is 2.11. The minimum absolute atomic E-state index is 0.483. The molecule has 0 aliphatic heterocycles. The molecule has 0 bridgehead atoms. The summed E-state index contributed by atoms with van der Waals surface area (Å²) < 4.78 is 0. The van der Waals surface area contributed by atoms with E-state index in [2.05, 4.69) is 58.9 Å². The average molecular weight is 227 g/mol. The Morgan fingerprint density at radius 2 is 1.71 bits per heavy atom. The number of hydrogen-bond donors (Lipinski definition) is 0. The number of hydrogen-bond acceptors (Lipinski definition) is 1. The van der Waals surface area contributed by atoms with E-state index in [1.807, 2.05) is 0 Å². The monoisotopic (exact) mass is 227 g/mol. The number of rotatable bonds is 2. The molecule has 0 amide bonds. The van der Waals surface area contributed by atoms with E-state index in [1.54, 1.807) is 0 Å². The van der Waals surface area contributed by atoms with Crippen LogP contribution >= 0.6 is 0 Å². The zero-order valence-electron chi connectivity index (χ0n) is 11.4. The number of benzene rings is 1. The zero-order chi connectivity index (χ0) is 12.6. The Balaban J connectivity index is 2.81. The predicted molar refractivity (Wildman–Crippen MR) is 74.7 cm³/mol. The van der Waals surface area contributed by atoms with Crippen molar-refractivity contribution in [3.05, 3.63) is 41.1 Å². The minimum atomic E-state index is 0.483. The first-order valence-corrected chi connectivity index (χ1v) is 6.41. The molecule has 1 aromatic heterocycles. The first-order valence-electron chi connectivity index (χ1n) is 6.41. The molecule has 1 heterocycles. The lowest BCUT2D eigenvalue weighted by Gasteiger charge is -2.15. The number of para-hydroxylation sites is 1. The number of pyridine rings is 1. The standard InChI is InChI=1S/C16H21N/c1-10(2)14-9-15(11(3)4)17-16-12(5)7-6-8-13(14)16/h6-11H,1-5H3. The van der Waals surface area contributed by atoms with Gasteiger partial charge in [-0.15, -0.1) is 0 Å². The smallest absolute Gasteiger partial charge is 0.0737 e. The van der Waals surface area contributed by atoms with Gasteiger partial charge < -0.3 is 0 Å². The summed E-state index contributed by atoms with van der Waals surface area (Å²) in [6.07, 6.45) is 0. The second-order valence-electron chi connectivity index (χ2n) is 5.42. The summed E-state index contributed by atoms with van der Waals surface area (Å²) in [6.45, 7) is 11.1. The van der Waals surface area contributed by atoms with Crippen LogP contribution in [0.4, 0.5) is 0 Å². The Labute approximate surface area is 104 Å². The molecule has 90 valence electrons. The van der Waals surface area contributed by atoms with E-state index in [-0.39, 0.29) is 0 Å². The predicted octanol–water partition coefficient (Wildman–Crippen LogP) is 4.79. The highest BCUT2D eigenvalue weighted by atomic mass is 14.7. The number of nitrogens with zero attached hydrogens (tertiary/aromatic N) is 1. The summed E-state index contributed by atoms with van der Waals surface area (Å²) >= 11 is 0. The largest absolute Gasteiger partial charge is 0.252 e. The summed E-state index contributed by atoms with van der Waals surface area (Å²) in [5.41, 5.74) is 5.06. The summed E-state index contributed by atoms with van der Waals surface area (Å²) in [7, 11) is 0. The third-order valence-electron chi connectivity index (χ3n) is 3.31. The van der Waals surface area contributed by atoms with E-state index >= 15 is 0 Å². The molecule has 0 aliphatic carbocycles. The lowest BCUT2D eigenvalue weighted by atomic mass is 9.94. The second kappa shape index (κ2) is 4.48. The molecule has 0 N–H and O–H groups in total. The van der Waals surface area contributed by atoms with Gasteiger partial charge in [0.25, 0.3) is 0 Å². The van der Waals surface area contributed by atoms with Crippen molar-refractivity contribution in [3.63, 3.8) is 0 Å². The van der Waals surface area contributed by atoms with Crippen LogP contribution in [0.2, 0.25) is 0 Å². The van der Waals surface area contributed by atoms with Crippen LogP contribution in [0.15, 0.2) is 24.3 Å². The molecule has 1 aromatic carbocycles. The van der Waals surface area contributed by atoms with E-state index in [9.17, 15) is 0 Å². The molecular weight excluding hydrogens is 206 g/mol. The Morgan fingerprint density at radius 3 is 2.29 bits per heavy atom. The summed E-state index contributed by atoms with van der Waals surface area (Å²) in [6, 6.07) is 8.73. The number of fused-ring (bicyclic) bond motifs is 1. The van der Waals surface area contributed by atoms with Gasteiger partial charge in [-0.05, 0) is 36.0 Å². The van der Waals surface area contributed by atoms with E-state index in [0.717, 1.165) is 0 Å². The third-order valence-corrected chi connectivity index (χ3v) is 3.31. The molecule has 1 heteroatoms. The van der Waals surface area contributed by atoms with Crippen molar-refractivity contribution in [2.24, 2.45) is 0 Å². The maximum Gasteiger partial charge on any atom is 0.0737 e. The fraction of sp³-hybridized carbons (Fsp3) is 0.438. The van der Waals surface area contributed by atoms with Gasteiger partial charge in [-0.1, -0.05) is 45.9 Å². The van der Waals surface area contributed by atoms with Crippen LogP contribution in [-0.2, 0) is 0 Å². The van der Waals surface area contributed by atoms with Crippen molar-refractivity contribution in [3.8, 4) is 0 Å². The molecule has 2 aromatic rings. The molecule has 0 saturated heterocycles. The van der Waals surface area contributed by atoms with Gasteiger partial charge in [-0.3, -0.25) is 4.98 Å². The van der Waals surface area contributed by atoms with E-state index < -0.39 is 0 Å². The molecular formula is C16H21N. The summed E-state index contributed by atoms with van der Waals surface area (Å²) in [4.78, 5) is 4.82. The fourth-order valence-corrected chi connectivity index (χ4v) is 2.21. The van der Waals surface area contributed by atoms with Crippen molar-refractivity contribution in [1.82, 2.24) is 4.98 Å². The molecule has 1 nitrogen and oxygen atoms in total. The number of aromatic nitrogens is 1. The van der Waals surface area contributed by atoms with Crippen LogP contribution in [0.5, 0.6) is 0 Å². The topological polar surface area (TPSA) is 12.9 Å². The molecule has 17 heavy (non-hydrogen) atoms. The third kappa shape index (κ3) is 2.19. The molecule has 0 saturated carbocycles. The molecule has 0 atom stereocenters. The zero-order valence-corrected chi connectivity index (χ0v) is 11.4. The Hall–Kier alpha value is -1.37. The van der Waals surface area contributed by atoms with Crippen molar-refractivity contribution < 1.29 is 0 Å². The lowest BCUT2D eigenvalue weighted by molar-refractivity contribution is 0.811. The molecule has 0 radical (unpaired) electrons. The Morgan fingerprint density at radius 1 is 1.00 bits per heavy atom. The van der Waals surface area contributed by atoms with Crippen LogP contribution < -0.4 is 0 Å². The van der Waals surface area contributed by atoms with E-state index in [1.165, 1.54) is 27.7 Å². The maximum absolute atomic E-state index is 4.82. The van der Waals surface area contributed by atoms with E-state index in [0.29, 0.717) is 11.8 Å². The van der Waals surface area contributed by atoms with Gasteiger partial charge in [0.15, 0.2) is 0 Å². The summed E-state index contributed by atoms with van der Waals surface area (Å²) in [5, 5.41) is 1.31. The van der Waals surface area contributed by atoms with Crippen molar-refractivity contribution in [2.75, 3.05) is 0 Å². The summed E-state index contributed by atoms with van der Waals surface area (Å²) in [5.74, 6) is 1.02. The van der Waals surface area contributed by atoms with Gasteiger partial charge in [-0.2, -0.15) is 0 Å². The fourth-order valence-electron chi connectivity index (χ4n) is 2.21. The molecule has 0 fully saturated rings. The lowest BCUT2D eigenvalue weighted by Crippen LogP contribution is -2.00. The first-order chi connectivity index (χ1) is 8.00. The van der Waals surface area contributed by atoms with Crippen LogP contribution in [0.25, 0.3) is 10.9 Å². The normalized spacial score (nSPS) is 11.7. The Kier molecular flexibility index (Phi) is 3.19. The van der Waals surface area contributed by atoms with Gasteiger partial charge >= 0.3 is 0 Å². The SMILES string of the molecule is Cc1cccc2c(C(C)C)cc(C(C)C)nc12. The highest BCUT2D eigenvalue weighted by molar-refractivity contribution is 5.85. The van der Waals surface area contributed by atoms with E-state index in [4.69, 9.17) is 4.98 Å². The minimum Gasteiger partial charge on any atom is -0.252 e. The van der Waals surface area contributed by atoms with Crippen molar-refractivity contribution >= 4 is 10.9 Å². The second-order valence-corrected chi connectivity index (χ2v) is 5.42. The van der Waals surface area contributed by atoms with Gasteiger partial charge in [0, 0.05) is 11.1 Å². The van der Waals surface area contributed by atoms with Gasteiger partial charge in [0.2, 0.25) is 0 Å². The van der Waals surface area contributed by atoms with Crippen LogP contribution in [0.3, 0.4) is 0 Å². The van der Waals surface area contributed by atoms with Gasteiger partial charge in [0.1, 0.15) is 0 Å². The van der Waals surface area contributed by atoms with Gasteiger partial charge in [-0.25, -0.2) is 0 Å². The van der Waals surface area contributed by atoms with Crippen LogP contribution in [0, 0.1) is 6.92 Å². The number of aryl methyl sites for hydroxylation is 1. The van der Waals surface area contributed by atoms with Crippen LogP contribution in [0.1, 0.15) is 56.4 Å². The van der Waals surface area contributed by atoms with Crippen LogP contribution in [-0.4, -0.2) is 4.98 Å².